The highest BCUT2D eigenvalue weighted by molar-refractivity contribution is 9.19. The van der Waals surface area contributed by atoms with Crippen LogP contribution >= 0.6 is 31.9 Å². The summed E-state index contributed by atoms with van der Waals surface area (Å²) in [6.07, 6.45) is -0.0833. The molecular weight excluding hydrogens is 228 g/mol. The van der Waals surface area contributed by atoms with Crippen LogP contribution < -0.4 is 0 Å². The Hall–Kier alpha value is 0.300. The van der Waals surface area contributed by atoms with Crippen molar-refractivity contribution in [2.24, 2.45) is 0 Å². The van der Waals surface area contributed by atoms with E-state index >= 15 is 0 Å². The van der Waals surface area contributed by atoms with Gasteiger partial charge in [-0.25, -0.2) is 0 Å². The minimum Gasteiger partial charge on any atom is -0.286 e. The van der Waals surface area contributed by atoms with Crippen molar-refractivity contribution in [1.29, 1.82) is 0 Å². The second-order valence-corrected chi connectivity index (χ2v) is 2.66. The van der Waals surface area contributed by atoms with Gasteiger partial charge in [0.2, 0.25) is 9.39 Å². The fraction of sp³-hybridized carbons (Fsp3) is 0.333. The SMILES string of the molecule is O=C(Br)CC(=O)Br. The molecule has 0 aromatic rings. The van der Waals surface area contributed by atoms with E-state index in [9.17, 15) is 9.59 Å². The van der Waals surface area contributed by atoms with Gasteiger partial charge in [-0.15, -0.1) is 0 Å². The average molecular weight is 230 g/mol. The molecule has 0 N–H and O–H groups in total. The van der Waals surface area contributed by atoms with Gasteiger partial charge < -0.3 is 0 Å². The van der Waals surface area contributed by atoms with E-state index in [0.717, 1.165) is 0 Å². The maximum absolute atomic E-state index is 9.92. The van der Waals surface area contributed by atoms with E-state index in [0.29, 0.717) is 0 Å². The van der Waals surface area contributed by atoms with Gasteiger partial charge >= 0.3 is 0 Å². The molecule has 0 radical (unpaired) electrons. The lowest BCUT2D eigenvalue weighted by Crippen LogP contribution is -1.90. The van der Waals surface area contributed by atoms with Crippen molar-refractivity contribution in [1.82, 2.24) is 0 Å². The summed E-state index contributed by atoms with van der Waals surface area (Å²) in [5.74, 6) is 0. The fourth-order valence-corrected chi connectivity index (χ4v) is 0.995. The van der Waals surface area contributed by atoms with Crippen LogP contribution in [0.1, 0.15) is 6.42 Å². The first kappa shape index (κ1) is 7.30. The van der Waals surface area contributed by atoms with Crippen molar-refractivity contribution in [2.45, 2.75) is 6.42 Å². The van der Waals surface area contributed by atoms with E-state index in [-0.39, 0.29) is 15.8 Å². The van der Waals surface area contributed by atoms with Crippen molar-refractivity contribution in [3.63, 3.8) is 0 Å². The van der Waals surface area contributed by atoms with Crippen LogP contribution in [-0.2, 0) is 9.59 Å². The Balaban J connectivity index is 3.32. The van der Waals surface area contributed by atoms with Crippen molar-refractivity contribution in [3.05, 3.63) is 0 Å². The average Bonchev–Trinajstić information content (AvgIpc) is 1.27. The van der Waals surface area contributed by atoms with E-state index < -0.39 is 0 Å². The quantitative estimate of drug-likeness (QED) is 0.527. The second-order valence-electron chi connectivity index (χ2n) is 0.887. The molecule has 0 saturated carbocycles. The molecule has 4 heteroatoms. The molecule has 0 aromatic heterocycles. The summed E-state index contributed by atoms with van der Waals surface area (Å²) in [5.41, 5.74) is 0. The molecule has 0 spiro atoms. The summed E-state index contributed by atoms with van der Waals surface area (Å²) >= 11 is 5.17. The van der Waals surface area contributed by atoms with Crippen LogP contribution in [0.3, 0.4) is 0 Å². The smallest absolute Gasteiger partial charge is 0.206 e. The predicted molar refractivity (Wildman–Crippen MR) is 32.5 cm³/mol. The Morgan fingerprint density at radius 2 is 1.43 bits per heavy atom. The molecule has 40 valence electrons. The lowest BCUT2D eigenvalue weighted by Gasteiger charge is -1.77. The van der Waals surface area contributed by atoms with E-state index in [1.54, 1.807) is 0 Å². The maximum Gasteiger partial charge on any atom is 0.206 e. The van der Waals surface area contributed by atoms with Gasteiger partial charge in [0.25, 0.3) is 0 Å². The summed E-state index contributed by atoms with van der Waals surface area (Å²) in [5, 5.41) is 0. The number of carbonyl (C=O) groups is 2. The molecule has 0 aliphatic carbocycles. The van der Waals surface area contributed by atoms with E-state index in [1.165, 1.54) is 0 Å². The van der Waals surface area contributed by atoms with Gasteiger partial charge in [-0.1, -0.05) is 0 Å². The highest BCUT2D eigenvalue weighted by Gasteiger charge is 1.99. The number of halogens is 2. The molecule has 0 amide bonds. The predicted octanol–water partition coefficient (Wildman–Crippen LogP) is 1.22. The van der Waals surface area contributed by atoms with Crippen LogP contribution in [0.2, 0.25) is 0 Å². The molecule has 0 bridgehead atoms. The summed E-state index contributed by atoms with van der Waals surface area (Å²) in [7, 11) is 0. The van der Waals surface area contributed by atoms with Crippen LogP contribution in [-0.4, -0.2) is 9.39 Å². The summed E-state index contributed by atoms with van der Waals surface area (Å²) in [6, 6.07) is 0. The zero-order valence-corrected chi connectivity index (χ0v) is 6.45. The van der Waals surface area contributed by atoms with Crippen molar-refractivity contribution in [2.75, 3.05) is 0 Å². The monoisotopic (exact) mass is 228 g/mol. The minimum atomic E-state index is -0.297. The third-order valence-electron chi connectivity index (χ3n) is 0.278. The largest absolute Gasteiger partial charge is 0.286 e. The number of hydrogen-bond donors (Lipinski definition) is 0. The Morgan fingerprint density at radius 3 is 1.43 bits per heavy atom. The van der Waals surface area contributed by atoms with Gasteiger partial charge in [0.05, 0.1) is 6.42 Å². The molecule has 0 rings (SSSR count). The van der Waals surface area contributed by atoms with Crippen LogP contribution in [0.4, 0.5) is 0 Å². The van der Waals surface area contributed by atoms with E-state index in [1.807, 2.05) is 0 Å². The number of carbonyl (C=O) groups excluding carboxylic acids is 2. The molecule has 2 nitrogen and oxygen atoms in total. The highest BCUT2D eigenvalue weighted by Crippen LogP contribution is 1.96. The Bertz CT molecular complexity index is 87.1. The molecule has 0 atom stereocenters. The molecule has 0 aliphatic heterocycles. The molecule has 0 heterocycles. The van der Waals surface area contributed by atoms with E-state index in [4.69, 9.17) is 0 Å². The lowest BCUT2D eigenvalue weighted by molar-refractivity contribution is -0.117. The van der Waals surface area contributed by atoms with Gasteiger partial charge in [-0.05, 0) is 31.9 Å². The maximum atomic E-state index is 9.92. The minimum absolute atomic E-state index is 0.0833. The molecular formula is C3H2Br2O2. The Kier molecular flexibility index (Phi) is 3.46. The summed E-state index contributed by atoms with van der Waals surface area (Å²) in [6.45, 7) is 0. The Labute approximate surface area is 57.5 Å². The first-order valence-electron chi connectivity index (χ1n) is 1.49. The molecule has 0 aliphatic rings. The van der Waals surface area contributed by atoms with Crippen molar-refractivity contribution in [3.8, 4) is 0 Å². The summed E-state index contributed by atoms with van der Waals surface area (Å²) in [4.78, 5) is 19.8. The third-order valence-corrected chi connectivity index (χ3v) is 0.839. The highest BCUT2D eigenvalue weighted by atomic mass is 79.9. The molecule has 0 fully saturated rings. The molecule has 0 aromatic carbocycles. The van der Waals surface area contributed by atoms with Gasteiger partial charge in [0, 0.05) is 0 Å². The normalized spacial score (nSPS) is 8.29. The van der Waals surface area contributed by atoms with Crippen LogP contribution in [0, 0.1) is 0 Å². The zero-order valence-electron chi connectivity index (χ0n) is 3.28. The molecule has 0 saturated heterocycles. The van der Waals surface area contributed by atoms with E-state index in [2.05, 4.69) is 31.9 Å². The standard InChI is InChI=1S/C3H2Br2O2/c4-2(6)1-3(5)7/h1H2. The number of rotatable bonds is 2. The van der Waals surface area contributed by atoms with Gasteiger partial charge in [-0.3, -0.25) is 9.59 Å². The molecule has 0 unspecified atom stereocenters. The fourth-order valence-electron chi connectivity index (χ4n) is 0.109. The number of hydrogen-bond acceptors (Lipinski definition) is 2. The first-order chi connectivity index (χ1) is 3.13. The lowest BCUT2D eigenvalue weighted by atomic mass is 10.5. The molecule has 7 heavy (non-hydrogen) atoms. The van der Waals surface area contributed by atoms with Crippen LogP contribution in [0.5, 0.6) is 0 Å². The van der Waals surface area contributed by atoms with Crippen LogP contribution in [0.15, 0.2) is 0 Å². The Morgan fingerprint density at radius 1 is 1.14 bits per heavy atom. The van der Waals surface area contributed by atoms with Gasteiger partial charge in [-0.2, -0.15) is 0 Å². The topological polar surface area (TPSA) is 34.1 Å². The summed E-state index contributed by atoms with van der Waals surface area (Å²) < 4.78 is -0.594. The third kappa shape index (κ3) is 6.30. The van der Waals surface area contributed by atoms with Crippen molar-refractivity contribution < 1.29 is 9.59 Å². The van der Waals surface area contributed by atoms with Gasteiger partial charge in [0.1, 0.15) is 0 Å². The van der Waals surface area contributed by atoms with Crippen molar-refractivity contribution >= 4 is 41.2 Å². The zero-order chi connectivity index (χ0) is 5.86. The van der Waals surface area contributed by atoms with Gasteiger partial charge in [0.15, 0.2) is 0 Å². The second kappa shape index (κ2) is 3.32. The first-order valence-corrected chi connectivity index (χ1v) is 3.08. The van der Waals surface area contributed by atoms with Crippen LogP contribution in [0.25, 0.3) is 0 Å².